The smallest absolute Gasteiger partial charge is 0.0133 e. The summed E-state index contributed by atoms with van der Waals surface area (Å²) in [6.45, 7) is 11.9. The zero-order chi connectivity index (χ0) is 15.3. The van der Waals surface area contributed by atoms with E-state index in [1.54, 1.807) is 0 Å². The summed E-state index contributed by atoms with van der Waals surface area (Å²) >= 11 is 0. The van der Waals surface area contributed by atoms with E-state index in [4.69, 9.17) is 5.73 Å². The SMILES string of the molecule is CC(C)(CC1CCNCC1)CC(C)(N)CC1CCNCC1. The van der Waals surface area contributed by atoms with Crippen molar-refractivity contribution in [2.24, 2.45) is 23.0 Å². The van der Waals surface area contributed by atoms with Crippen LogP contribution in [-0.2, 0) is 0 Å². The van der Waals surface area contributed by atoms with E-state index >= 15 is 0 Å². The van der Waals surface area contributed by atoms with E-state index in [0.717, 1.165) is 18.3 Å². The van der Waals surface area contributed by atoms with Crippen LogP contribution in [0.3, 0.4) is 0 Å². The molecule has 21 heavy (non-hydrogen) atoms. The first-order valence-electron chi connectivity index (χ1n) is 9.07. The van der Waals surface area contributed by atoms with Crippen molar-refractivity contribution in [3.63, 3.8) is 0 Å². The molecular weight excluding hydrogens is 258 g/mol. The number of hydrogen-bond donors (Lipinski definition) is 3. The van der Waals surface area contributed by atoms with Gasteiger partial charge in [-0.2, -0.15) is 0 Å². The average molecular weight is 296 g/mol. The van der Waals surface area contributed by atoms with Crippen molar-refractivity contribution in [2.45, 2.75) is 71.3 Å². The van der Waals surface area contributed by atoms with Crippen LogP contribution in [0.1, 0.15) is 65.7 Å². The molecule has 0 aromatic rings. The maximum atomic E-state index is 6.71. The van der Waals surface area contributed by atoms with Crippen LogP contribution in [0.2, 0.25) is 0 Å². The predicted molar refractivity (Wildman–Crippen MR) is 91.4 cm³/mol. The lowest BCUT2D eigenvalue weighted by molar-refractivity contribution is 0.155. The van der Waals surface area contributed by atoms with E-state index in [2.05, 4.69) is 31.4 Å². The minimum atomic E-state index is -0.00156. The highest BCUT2D eigenvalue weighted by atomic mass is 14.9. The molecule has 2 aliphatic rings. The lowest BCUT2D eigenvalue weighted by Gasteiger charge is -2.40. The van der Waals surface area contributed by atoms with E-state index in [9.17, 15) is 0 Å². The lowest BCUT2D eigenvalue weighted by atomic mass is 9.70. The van der Waals surface area contributed by atoms with Crippen LogP contribution in [0.4, 0.5) is 0 Å². The van der Waals surface area contributed by atoms with E-state index in [1.165, 1.54) is 64.7 Å². The molecule has 0 bridgehead atoms. The molecule has 124 valence electrons. The highest BCUT2D eigenvalue weighted by Crippen LogP contribution is 2.38. The molecule has 2 fully saturated rings. The van der Waals surface area contributed by atoms with Crippen molar-refractivity contribution in [3.05, 3.63) is 0 Å². The van der Waals surface area contributed by atoms with Gasteiger partial charge in [0.05, 0.1) is 0 Å². The molecule has 2 rings (SSSR count). The minimum absolute atomic E-state index is 0.00156. The number of nitrogens with two attached hydrogens (primary N) is 1. The maximum Gasteiger partial charge on any atom is 0.0133 e. The molecule has 0 amide bonds. The summed E-state index contributed by atoms with van der Waals surface area (Å²) in [5.41, 5.74) is 7.08. The Kier molecular flexibility index (Phi) is 6.10. The van der Waals surface area contributed by atoms with Gasteiger partial charge < -0.3 is 16.4 Å². The van der Waals surface area contributed by atoms with Gasteiger partial charge in [-0.15, -0.1) is 0 Å². The maximum absolute atomic E-state index is 6.71. The molecule has 2 aliphatic heterocycles. The molecule has 0 saturated carbocycles. The van der Waals surface area contributed by atoms with Gasteiger partial charge in [0.2, 0.25) is 0 Å². The first-order valence-corrected chi connectivity index (χ1v) is 9.07. The van der Waals surface area contributed by atoms with E-state index in [0.29, 0.717) is 5.41 Å². The molecule has 0 spiro atoms. The van der Waals surface area contributed by atoms with Gasteiger partial charge in [0.1, 0.15) is 0 Å². The highest BCUT2D eigenvalue weighted by Gasteiger charge is 2.33. The second kappa shape index (κ2) is 7.43. The Hall–Kier alpha value is -0.120. The Bertz CT molecular complexity index is 270. The molecule has 0 aromatic heterocycles. The van der Waals surface area contributed by atoms with E-state index in [1.807, 2.05) is 0 Å². The fourth-order valence-electron chi connectivity index (χ4n) is 4.85. The second-order valence-corrected chi connectivity index (χ2v) is 8.79. The van der Waals surface area contributed by atoms with Crippen molar-refractivity contribution in [2.75, 3.05) is 26.2 Å². The number of piperidine rings is 2. The van der Waals surface area contributed by atoms with Crippen LogP contribution in [0, 0.1) is 17.3 Å². The largest absolute Gasteiger partial charge is 0.325 e. The van der Waals surface area contributed by atoms with Crippen LogP contribution in [0.25, 0.3) is 0 Å². The number of hydrogen-bond acceptors (Lipinski definition) is 3. The molecule has 3 heteroatoms. The van der Waals surface area contributed by atoms with Crippen LogP contribution in [0.15, 0.2) is 0 Å². The Morgan fingerprint density at radius 2 is 1.24 bits per heavy atom. The van der Waals surface area contributed by atoms with Crippen molar-refractivity contribution in [3.8, 4) is 0 Å². The quantitative estimate of drug-likeness (QED) is 0.706. The molecule has 2 saturated heterocycles. The molecular formula is C18H37N3. The molecule has 3 nitrogen and oxygen atoms in total. The van der Waals surface area contributed by atoms with Gasteiger partial charge in [0, 0.05) is 5.54 Å². The van der Waals surface area contributed by atoms with Crippen molar-refractivity contribution in [1.29, 1.82) is 0 Å². The van der Waals surface area contributed by atoms with Crippen molar-refractivity contribution >= 4 is 0 Å². The van der Waals surface area contributed by atoms with Gasteiger partial charge in [-0.05, 0) is 95.3 Å². The number of rotatable bonds is 6. The normalized spacial score (nSPS) is 25.7. The lowest BCUT2D eigenvalue weighted by Crippen LogP contribution is -2.44. The molecule has 1 atom stereocenters. The van der Waals surface area contributed by atoms with Gasteiger partial charge in [0.25, 0.3) is 0 Å². The first kappa shape index (κ1) is 17.2. The fourth-order valence-corrected chi connectivity index (χ4v) is 4.85. The van der Waals surface area contributed by atoms with E-state index in [-0.39, 0.29) is 5.54 Å². The van der Waals surface area contributed by atoms with E-state index < -0.39 is 0 Å². The third-order valence-electron chi connectivity index (χ3n) is 5.40. The second-order valence-electron chi connectivity index (χ2n) is 8.79. The zero-order valence-corrected chi connectivity index (χ0v) is 14.5. The minimum Gasteiger partial charge on any atom is -0.325 e. The van der Waals surface area contributed by atoms with Crippen molar-refractivity contribution in [1.82, 2.24) is 10.6 Å². The van der Waals surface area contributed by atoms with Crippen molar-refractivity contribution < 1.29 is 0 Å². The molecule has 0 aromatic carbocycles. The van der Waals surface area contributed by atoms with Gasteiger partial charge in [-0.25, -0.2) is 0 Å². The molecule has 4 N–H and O–H groups in total. The van der Waals surface area contributed by atoms with Gasteiger partial charge in [-0.1, -0.05) is 13.8 Å². The highest BCUT2D eigenvalue weighted by molar-refractivity contribution is 4.90. The summed E-state index contributed by atoms with van der Waals surface area (Å²) in [4.78, 5) is 0. The third kappa shape index (κ3) is 6.25. The third-order valence-corrected chi connectivity index (χ3v) is 5.40. The van der Waals surface area contributed by atoms with Crippen LogP contribution in [-0.4, -0.2) is 31.7 Å². The summed E-state index contributed by atoms with van der Waals surface area (Å²) in [5, 5.41) is 6.93. The summed E-state index contributed by atoms with van der Waals surface area (Å²) in [6, 6.07) is 0. The Labute approximate surface area is 131 Å². The average Bonchev–Trinajstić information content (AvgIpc) is 2.38. The first-order chi connectivity index (χ1) is 9.86. The Morgan fingerprint density at radius 3 is 1.71 bits per heavy atom. The summed E-state index contributed by atoms with van der Waals surface area (Å²) in [6.07, 6.45) is 9.01. The Balaban J connectivity index is 1.81. The summed E-state index contributed by atoms with van der Waals surface area (Å²) < 4.78 is 0. The standard InChI is InChI=1S/C18H37N3/c1-17(2,12-15-4-8-20-9-5-15)14-18(3,19)13-16-6-10-21-11-7-16/h15-16,20-21H,4-14,19H2,1-3H3. The fraction of sp³-hybridized carbons (Fsp3) is 1.00. The van der Waals surface area contributed by atoms with Gasteiger partial charge in [-0.3, -0.25) is 0 Å². The zero-order valence-electron chi connectivity index (χ0n) is 14.5. The predicted octanol–water partition coefficient (Wildman–Crippen LogP) is 2.90. The molecule has 0 aliphatic carbocycles. The van der Waals surface area contributed by atoms with Crippen LogP contribution < -0.4 is 16.4 Å². The van der Waals surface area contributed by atoms with Gasteiger partial charge in [0.15, 0.2) is 0 Å². The van der Waals surface area contributed by atoms with Gasteiger partial charge >= 0.3 is 0 Å². The van der Waals surface area contributed by atoms with Crippen LogP contribution >= 0.6 is 0 Å². The number of nitrogens with one attached hydrogen (secondary N) is 2. The molecule has 2 heterocycles. The summed E-state index contributed by atoms with van der Waals surface area (Å²) in [5.74, 6) is 1.73. The molecule has 1 unspecified atom stereocenters. The molecule has 0 radical (unpaired) electrons. The van der Waals surface area contributed by atoms with Crippen LogP contribution in [0.5, 0.6) is 0 Å². The topological polar surface area (TPSA) is 50.1 Å². The Morgan fingerprint density at radius 1 is 0.810 bits per heavy atom. The monoisotopic (exact) mass is 295 g/mol. The summed E-state index contributed by atoms with van der Waals surface area (Å²) in [7, 11) is 0.